The van der Waals surface area contributed by atoms with Crippen LogP contribution in [0.15, 0.2) is 154 Å². The molecule has 0 N–H and O–H groups in total. The second-order valence-electron chi connectivity index (χ2n) is 16.2. The highest BCUT2D eigenvalue weighted by atomic mass is 32.2. The largest absolute Gasteiger partial charge is 0.289 e. The molecule has 6 aromatic rings. The Labute approximate surface area is 398 Å². The first-order chi connectivity index (χ1) is 32.9. The fraction of sp³-hybridized carbons (Fsp3) is 0.261. The molecule has 2 bridgehead atoms. The maximum atomic E-state index is 14.4. The van der Waals surface area contributed by atoms with Gasteiger partial charge in [0.15, 0.2) is 14.7 Å². The van der Waals surface area contributed by atoms with Gasteiger partial charge in [-0.15, -0.1) is 0 Å². The van der Waals surface area contributed by atoms with Crippen LogP contribution in [-0.2, 0) is 62.4 Å². The van der Waals surface area contributed by atoms with Gasteiger partial charge in [-0.05, 0) is 78.8 Å². The van der Waals surface area contributed by atoms with E-state index in [1.807, 2.05) is 0 Å². The first-order valence-electron chi connectivity index (χ1n) is 21.6. The number of hydrogen-bond acceptors (Lipinski definition) is 14. The zero-order valence-electron chi connectivity index (χ0n) is 36.8. The number of nitro benzene ring substituents is 3. The van der Waals surface area contributed by atoms with Gasteiger partial charge in [-0.1, -0.05) is 72.8 Å². The highest BCUT2D eigenvalue weighted by Crippen LogP contribution is 2.32. The van der Waals surface area contributed by atoms with Crippen molar-refractivity contribution in [2.45, 2.75) is 59.9 Å². The molecule has 0 atom stereocenters. The number of pyridine rings is 2. The lowest BCUT2D eigenvalue weighted by Crippen LogP contribution is -2.37. The number of aromatic nitrogens is 2. The summed E-state index contributed by atoms with van der Waals surface area (Å²) in [6, 6.07) is 32.1. The van der Waals surface area contributed by atoms with E-state index in [4.69, 9.17) is 0 Å². The van der Waals surface area contributed by atoms with E-state index >= 15 is 0 Å². The zero-order chi connectivity index (χ0) is 49.3. The van der Waals surface area contributed by atoms with E-state index in [1.54, 1.807) is 60.7 Å². The van der Waals surface area contributed by atoms with Crippen molar-refractivity contribution >= 4 is 47.1 Å². The summed E-state index contributed by atoms with van der Waals surface area (Å²) in [4.78, 5) is 41.2. The van der Waals surface area contributed by atoms with Crippen LogP contribution in [0.3, 0.4) is 0 Å². The van der Waals surface area contributed by atoms with Crippen molar-refractivity contribution in [2.24, 2.45) is 5.92 Å². The van der Waals surface area contributed by atoms with Gasteiger partial charge in [0.25, 0.3) is 27.1 Å². The molecule has 0 spiro atoms. The molecule has 1 aliphatic rings. The van der Waals surface area contributed by atoms with E-state index < -0.39 is 82.5 Å². The minimum absolute atomic E-state index is 0.0888. The van der Waals surface area contributed by atoms with Crippen LogP contribution in [0, 0.1) is 36.3 Å². The Balaban J connectivity index is 1.23. The van der Waals surface area contributed by atoms with Gasteiger partial charge >= 0.3 is 0 Å². The van der Waals surface area contributed by atoms with E-state index in [9.17, 15) is 55.6 Å². The maximum Gasteiger partial charge on any atom is 0.289 e. The van der Waals surface area contributed by atoms with Gasteiger partial charge in [-0.2, -0.15) is 12.9 Å². The van der Waals surface area contributed by atoms with Crippen LogP contribution in [0.4, 0.5) is 17.1 Å². The Morgan fingerprint density at radius 2 is 0.971 bits per heavy atom. The maximum absolute atomic E-state index is 14.4. The summed E-state index contributed by atoms with van der Waals surface area (Å²) in [5, 5.41) is 36.0. The quantitative estimate of drug-likeness (QED) is 0.0764. The van der Waals surface area contributed by atoms with E-state index in [0.29, 0.717) is 28.2 Å². The Bertz CT molecular complexity index is 3060. The lowest BCUT2D eigenvalue weighted by molar-refractivity contribution is -0.388. The molecule has 0 aliphatic carbocycles. The summed E-state index contributed by atoms with van der Waals surface area (Å²) >= 11 is 0. The van der Waals surface area contributed by atoms with Crippen molar-refractivity contribution in [1.82, 2.24) is 22.9 Å². The lowest BCUT2D eigenvalue weighted by Gasteiger charge is -2.28. The smallest absolute Gasteiger partial charge is 0.260 e. The summed E-state index contributed by atoms with van der Waals surface area (Å²) in [5.74, 6) is -0.457. The Hall–Kier alpha value is -6.89. The number of nitrogens with zero attached hydrogens (tertiary/aromatic N) is 8. The number of rotatable bonds is 15. The van der Waals surface area contributed by atoms with Gasteiger partial charge in [0.05, 0.1) is 27.0 Å². The van der Waals surface area contributed by atoms with Crippen LogP contribution in [0.5, 0.6) is 0 Å². The monoisotopic (exact) mass is 998 g/mol. The summed E-state index contributed by atoms with van der Waals surface area (Å²) in [5.41, 5.74) is 0.817. The molecule has 0 amide bonds. The topological polar surface area (TPSA) is 267 Å². The molecule has 2 aromatic heterocycles. The Morgan fingerprint density at radius 1 is 0.522 bits per heavy atom. The molecule has 0 fully saturated rings. The average molecular weight is 999 g/mol. The minimum atomic E-state index is -4.50. The summed E-state index contributed by atoms with van der Waals surface area (Å²) in [6.45, 7) is -0.873. The number of sulfonamides is 3. The number of hydrogen-bond donors (Lipinski definition) is 0. The highest BCUT2D eigenvalue weighted by molar-refractivity contribution is 7.89. The van der Waals surface area contributed by atoms with Crippen molar-refractivity contribution < 1.29 is 40.0 Å². The van der Waals surface area contributed by atoms with E-state index in [0.717, 1.165) is 22.5 Å². The van der Waals surface area contributed by atoms with E-state index in [2.05, 4.69) is 9.97 Å². The van der Waals surface area contributed by atoms with Crippen molar-refractivity contribution in [3.05, 3.63) is 198 Å². The Kier molecular flexibility index (Phi) is 15.7. The molecule has 7 rings (SSSR count). The van der Waals surface area contributed by atoms with Gasteiger partial charge in [-0.3, -0.25) is 40.3 Å². The highest BCUT2D eigenvalue weighted by Gasteiger charge is 2.35. The van der Waals surface area contributed by atoms with Crippen molar-refractivity contribution in [3.8, 4) is 0 Å². The van der Waals surface area contributed by atoms with Crippen LogP contribution in [-0.4, -0.2) is 89.1 Å². The van der Waals surface area contributed by atoms with Gasteiger partial charge in [0.1, 0.15) is 0 Å². The molecule has 0 unspecified atom stereocenters. The normalized spacial score (nSPS) is 15.0. The fourth-order valence-electron chi connectivity index (χ4n) is 8.10. The lowest BCUT2D eigenvalue weighted by atomic mass is 9.92. The Morgan fingerprint density at radius 3 is 1.45 bits per heavy atom. The van der Waals surface area contributed by atoms with Crippen molar-refractivity contribution in [1.29, 1.82) is 0 Å². The van der Waals surface area contributed by atoms with Crippen molar-refractivity contribution in [3.63, 3.8) is 0 Å². The number of benzene rings is 4. The first kappa shape index (κ1) is 50.0. The molecule has 0 saturated carbocycles. The average Bonchev–Trinajstić information content (AvgIpc) is 3.34. The third-order valence-corrected chi connectivity index (χ3v) is 17.4. The molecule has 360 valence electrons. The first-order valence-corrected chi connectivity index (χ1v) is 25.9. The predicted octanol–water partition coefficient (Wildman–Crippen LogP) is 6.71. The summed E-state index contributed by atoms with van der Waals surface area (Å²) in [6.07, 6.45) is 2.26. The minimum Gasteiger partial charge on any atom is -0.260 e. The third kappa shape index (κ3) is 11.9. The molecule has 1 aliphatic heterocycles. The number of nitro groups is 3. The summed E-state index contributed by atoms with van der Waals surface area (Å²) < 4.78 is 89.3. The number of fused-ring (bicyclic) bond motifs is 2. The fourth-order valence-corrected chi connectivity index (χ4v) is 12.9. The van der Waals surface area contributed by atoms with E-state index in [-0.39, 0.29) is 71.4 Å². The molecule has 0 saturated heterocycles. The molecule has 0 radical (unpaired) electrons. The zero-order valence-corrected chi connectivity index (χ0v) is 39.3. The molecule has 4 aromatic carbocycles. The van der Waals surface area contributed by atoms with E-state index in [1.165, 1.54) is 69.4 Å². The van der Waals surface area contributed by atoms with Gasteiger partial charge < -0.3 is 0 Å². The second kappa shape index (κ2) is 21.6. The van der Waals surface area contributed by atoms with Crippen LogP contribution in [0.1, 0.15) is 41.1 Å². The molecular formula is C46H46N8O12S3. The van der Waals surface area contributed by atoms with Gasteiger partial charge in [-0.25, -0.2) is 25.3 Å². The van der Waals surface area contributed by atoms with Gasteiger partial charge in [0, 0.05) is 81.3 Å². The van der Waals surface area contributed by atoms with Gasteiger partial charge in [0.2, 0.25) is 20.0 Å². The van der Waals surface area contributed by atoms with Crippen LogP contribution in [0.2, 0.25) is 0 Å². The second-order valence-corrected chi connectivity index (χ2v) is 21.9. The van der Waals surface area contributed by atoms with Crippen LogP contribution >= 0.6 is 0 Å². The molecule has 3 heterocycles. The van der Waals surface area contributed by atoms with Crippen LogP contribution in [0.25, 0.3) is 0 Å². The number of para-hydroxylation sites is 3. The summed E-state index contributed by atoms with van der Waals surface area (Å²) in [7, 11) is -13.5. The predicted molar refractivity (Wildman–Crippen MR) is 252 cm³/mol. The molecular weight excluding hydrogens is 953 g/mol. The standard InChI is InChI=1S/C46H46N8O12S3/c55-52(56)41-13-1-4-16-44(41)67(61,62)49-28-23-36(24-29-50(31-26-39-12-9-11-38(48-39)25-30-49)68(63,64)45-17-5-2-14-42(45)53(57)58)32-35-19-21-37(22-20-35)33-51(34-40-10-7-8-27-47-40)69(65,66)46-18-6-3-15-43(46)54(59)60/h1-22,27,36H,23-26,28-34H2. The SMILES string of the molecule is O=[N+]([O-])c1ccccc1S(=O)(=O)N1CCc2cccc(n2)CCN(S(=O)(=O)c2ccccc2[N+](=O)[O-])CCC(Cc2ccc(CN(Cc3ccccn3)S(=O)(=O)c3ccccc3[N+](=O)[O-])cc2)CC1. The van der Waals surface area contributed by atoms with Crippen molar-refractivity contribution in [2.75, 3.05) is 26.2 Å². The molecule has 23 heteroatoms. The van der Waals surface area contributed by atoms with Crippen LogP contribution < -0.4 is 0 Å². The molecule has 20 nitrogen and oxygen atoms in total. The third-order valence-electron chi connectivity index (χ3n) is 11.7. The molecule has 69 heavy (non-hydrogen) atoms.